The molecule has 0 radical (unpaired) electrons. The van der Waals surface area contributed by atoms with Crippen molar-refractivity contribution < 1.29 is 4.92 Å². The molecule has 17 heavy (non-hydrogen) atoms. The summed E-state index contributed by atoms with van der Waals surface area (Å²) in [5.74, 6) is 0. The first-order valence-corrected chi connectivity index (χ1v) is 5.42. The molecule has 1 aromatic rings. The van der Waals surface area contributed by atoms with E-state index in [0.717, 1.165) is 24.1 Å². The maximum absolute atomic E-state index is 10.8. The van der Waals surface area contributed by atoms with E-state index in [4.69, 9.17) is 5.73 Å². The molecule has 0 saturated heterocycles. The van der Waals surface area contributed by atoms with Gasteiger partial charge in [-0.3, -0.25) is 10.1 Å². The van der Waals surface area contributed by atoms with E-state index in [2.05, 4.69) is 5.32 Å². The first-order chi connectivity index (χ1) is 8.06. The molecule has 3 N–H and O–H groups in total. The first kappa shape index (κ1) is 13.2. The molecule has 0 heterocycles. The summed E-state index contributed by atoms with van der Waals surface area (Å²) in [4.78, 5) is 10.3. The van der Waals surface area contributed by atoms with Crippen LogP contribution < -0.4 is 11.1 Å². The summed E-state index contributed by atoms with van der Waals surface area (Å²) in [7, 11) is 1.88. The topological polar surface area (TPSA) is 81.2 Å². The number of rotatable bonds is 5. The van der Waals surface area contributed by atoms with Gasteiger partial charge in [-0.2, -0.15) is 0 Å². The molecule has 1 rings (SSSR count). The Balaban J connectivity index is 2.94. The molecule has 0 unspecified atom stereocenters. The predicted molar refractivity (Wildman–Crippen MR) is 69.8 cm³/mol. The molecule has 0 aliphatic carbocycles. The Kier molecular flexibility index (Phi) is 4.66. The van der Waals surface area contributed by atoms with E-state index >= 15 is 0 Å². The summed E-state index contributed by atoms with van der Waals surface area (Å²) in [6.07, 6.45) is 4.73. The molecule has 0 spiro atoms. The van der Waals surface area contributed by atoms with E-state index in [9.17, 15) is 10.1 Å². The van der Waals surface area contributed by atoms with Gasteiger partial charge in [0.25, 0.3) is 5.69 Å². The molecular formula is C12H17N3O2. The molecular weight excluding hydrogens is 218 g/mol. The van der Waals surface area contributed by atoms with E-state index in [-0.39, 0.29) is 11.4 Å². The zero-order valence-corrected chi connectivity index (χ0v) is 10.1. The van der Waals surface area contributed by atoms with E-state index in [1.54, 1.807) is 6.92 Å². The monoisotopic (exact) mass is 235 g/mol. The molecule has 0 fully saturated rings. The number of nitrogens with zero attached hydrogens (tertiary/aromatic N) is 1. The van der Waals surface area contributed by atoms with Gasteiger partial charge in [-0.25, -0.2) is 0 Å². The van der Waals surface area contributed by atoms with Crippen LogP contribution in [0.25, 0.3) is 6.08 Å². The second-order valence-electron chi connectivity index (χ2n) is 3.82. The molecule has 0 saturated carbocycles. The van der Waals surface area contributed by atoms with Crippen molar-refractivity contribution in [3.63, 3.8) is 0 Å². The Morgan fingerprint density at radius 3 is 2.82 bits per heavy atom. The highest BCUT2D eigenvalue weighted by atomic mass is 16.6. The highest BCUT2D eigenvalue weighted by molar-refractivity contribution is 5.68. The number of nitro groups is 1. The molecule has 0 amide bonds. The van der Waals surface area contributed by atoms with Crippen LogP contribution in [0.5, 0.6) is 0 Å². The minimum absolute atomic E-state index is 0.0294. The van der Waals surface area contributed by atoms with Crippen LogP contribution in [0, 0.1) is 17.0 Å². The fraction of sp³-hybridized carbons (Fsp3) is 0.333. The standard InChI is InChI=1S/C12H17N3O2/c1-9-7-10(5-3-4-6-14-2)8-11(12(9)13)15(16)17/h3,5,7-8,14H,4,6,13H2,1-2H3. The number of benzene rings is 1. The Bertz CT molecular complexity index is 442. The summed E-state index contributed by atoms with van der Waals surface area (Å²) in [6.45, 7) is 2.65. The van der Waals surface area contributed by atoms with E-state index < -0.39 is 4.92 Å². The largest absolute Gasteiger partial charge is 0.393 e. The summed E-state index contributed by atoms with van der Waals surface area (Å²) in [5, 5.41) is 13.8. The molecule has 5 nitrogen and oxygen atoms in total. The normalized spacial score (nSPS) is 10.9. The second-order valence-corrected chi connectivity index (χ2v) is 3.82. The van der Waals surface area contributed by atoms with Crippen molar-refractivity contribution in [1.29, 1.82) is 0 Å². The van der Waals surface area contributed by atoms with Gasteiger partial charge in [-0.1, -0.05) is 12.2 Å². The smallest absolute Gasteiger partial charge is 0.292 e. The Hall–Kier alpha value is -1.88. The highest BCUT2D eigenvalue weighted by Gasteiger charge is 2.13. The van der Waals surface area contributed by atoms with Crippen molar-refractivity contribution in [2.75, 3.05) is 19.3 Å². The van der Waals surface area contributed by atoms with Crippen LogP contribution in [0.4, 0.5) is 11.4 Å². The van der Waals surface area contributed by atoms with Gasteiger partial charge in [0.2, 0.25) is 0 Å². The molecule has 0 aliphatic rings. The van der Waals surface area contributed by atoms with Crippen molar-refractivity contribution in [3.8, 4) is 0 Å². The van der Waals surface area contributed by atoms with Crippen LogP contribution in [-0.2, 0) is 0 Å². The van der Waals surface area contributed by atoms with E-state index in [1.807, 2.05) is 25.3 Å². The third-order valence-electron chi connectivity index (χ3n) is 2.46. The van der Waals surface area contributed by atoms with Gasteiger partial charge in [-0.15, -0.1) is 0 Å². The SMILES string of the molecule is CNCCC=Cc1cc(C)c(N)c([N+](=O)[O-])c1. The van der Waals surface area contributed by atoms with E-state index in [1.165, 1.54) is 6.07 Å². The Morgan fingerprint density at radius 1 is 1.53 bits per heavy atom. The molecule has 0 bridgehead atoms. The van der Waals surface area contributed by atoms with Crippen LogP contribution in [0.2, 0.25) is 0 Å². The highest BCUT2D eigenvalue weighted by Crippen LogP contribution is 2.27. The molecule has 0 atom stereocenters. The Labute approximate surface area is 100 Å². The third-order valence-corrected chi connectivity index (χ3v) is 2.46. The summed E-state index contributed by atoms with van der Waals surface area (Å²) in [6, 6.07) is 3.34. The summed E-state index contributed by atoms with van der Waals surface area (Å²) < 4.78 is 0. The maximum atomic E-state index is 10.8. The third kappa shape index (κ3) is 3.57. The van der Waals surface area contributed by atoms with Crippen LogP contribution >= 0.6 is 0 Å². The lowest BCUT2D eigenvalue weighted by Crippen LogP contribution is -2.05. The average Bonchev–Trinajstić information content (AvgIpc) is 2.28. The van der Waals surface area contributed by atoms with Crippen molar-refractivity contribution in [1.82, 2.24) is 5.32 Å². The molecule has 0 aliphatic heterocycles. The fourth-order valence-electron chi connectivity index (χ4n) is 1.50. The van der Waals surface area contributed by atoms with E-state index in [0.29, 0.717) is 0 Å². The zero-order chi connectivity index (χ0) is 12.8. The Morgan fingerprint density at radius 2 is 2.24 bits per heavy atom. The van der Waals surface area contributed by atoms with Gasteiger partial charge in [0.15, 0.2) is 0 Å². The summed E-state index contributed by atoms with van der Waals surface area (Å²) >= 11 is 0. The molecule has 1 aromatic carbocycles. The van der Waals surface area contributed by atoms with Gasteiger partial charge in [0.05, 0.1) is 4.92 Å². The summed E-state index contributed by atoms with van der Waals surface area (Å²) in [5.41, 5.74) is 7.40. The van der Waals surface area contributed by atoms with Crippen molar-refractivity contribution in [3.05, 3.63) is 39.4 Å². The number of aryl methyl sites for hydroxylation is 1. The number of nitrogen functional groups attached to an aromatic ring is 1. The van der Waals surface area contributed by atoms with Gasteiger partial charge in [0, 0.05) is 6.07 Å². The van der Waals surface area contributed by atoms with Gasteiger partial charge >= 0.3 is 0 Å². The van der Waals surface area contributed by atoms with Gasteiger partial charge in [-0.05, 0) is 44.1 Å². The molecule has 0 aromatic heterocycles. The fourth-order valence-corrected chi connectivity index (χ4v) is 1.50. The van der Waals surface area contributed by atoms with Crippen molar-refractivity contribution >= 4 is 17.5 Å². The first-order valence-electron chi connectivity index (χ1n) is 5.42. The minimum atomic E-state index is -0.451. The average molecular weight is 235 g/mol. The lowest BCUT2D eigenvalue weighted by atomic mass is 10.1. The lowest BCUT2D eigenvalue weighted by molar-refractivity contribution is -0.383. The quantitative estimate of drug-likeness (QED) is 0.354. The second kappa shape index (κ2) is 6.00. The maximum Gasteiger partial charge on any atom is 0.292 e. The minimum Gasteiger partial charge on any atom is -0.393 e. The lowest BCUT2D eigenvalue weighted by Gasteiger charge is -2.03. The predicted octanol–water partition coefficient (Wildman–Crippen LogP) is 2.11. The van der Waals surface area contributed by atoms with Crippen LogP contribution in [0.3, 0.4) is 0 Å². The van der Waals surface area contributed by atoms with Crippen LogP contribution in [-0.4, -0.2) is 18.5 Å². The number of hydrogen-bond donors (Lipinski definition) is 2. The number of anilines is 1. The van der Waals surface area contributed by atoms with Crippen LogP contribution in [0.15, 0.2) is 18.2 Å². The van der Waals surface area contributed by atoms with Gasteiger partial charge in [0.1, 0.15) is 5.69 Å². The number of nitro benzene ring substituents is 1. The van der Waals surface area contributed by atoms with Crippen molar-refractivity contribution in [2.45, 2.75) is 13.3 Å². The number of nitrogens with two attached hydrogens (primary N) is 1. The molecule has 92 valence electrons. The molecule has 5 heteroatoms. The van der Waals surface area contributed by atoms with Crippen molar-refractivity contribution in [2.24, 2.45) is 0 Å². The van der Waals surface area contributed by atoms with Crippen LogP contribution in [0.1, 0.15) is 17.5 Å². The number of hydrogen-bond acceptors (Lipinski definition) is 4. The zero-order valence-electron chi connectivity index (χ0n) is 10.1. The van der Waals surface area contributed by atoms with Gasteiger partial charge < -0.3 is 11.1 Å². The number of nitrogens with one attached hydrogen (secondary N) is 1.